The lowest BCUT2D eigenvalue weighted by Gasteiger charge is -2.34. The number of carbonyl (C=O) groups is 1. The van der Waals surface area contributed by atoms with Gasteiger partial charge in [-0.2, -0.15) is 0 Å². The first-order valence-corrected chi connectivity index (χ1v) is 6.99. The van der Waals surface area contributed by atoms with E-state index in [1.165, 1.54) is 20.3 Å². The molecule has 0 saturated heterocycles. The number of hydrogen-bond acceptors (Lipinski definition) is 4. The largest absolute Gasteiger partial charge is 0.498 e. The molecule has 0 amide bonds. The number of methoxy groups -OCH3 is 2. The lowest BCUT2D eigenvalue weighted by atomic mass is 9.88. The minimum absolute atomic E-state index is 0.0832. The summed E-state index contributed by atoms with van der Waals surface area (Å²) in [7, 11) is 3.01. The van der Waals surface area contributed by atoms with Crippen LogP contribution in [-0.4, -0.2) is 36.8 Å². The Morgan fingerprint density at radius 3 is 2.55 bits per heavy atom. The first-order valence-electron chi connectivity index (χ1n) is 6.99. The minimum Gasteiger partial charge on any atom is -0.498 e. The van der Waals surface area contributed by atoms with Crippen molar-refractivity contribution >= 4 is 5.78 Å². The van der Waals surface area contributed by atoms with Crippen molar-refractivity contribution in [1.29, 1.82) is 0 Å². The molecule has 0 saturated carbocycles. The molecular weight excluding hydrogens is 280 g/mol. The zero-order chi connectivity index (χ0) is 16.2. The molecule has 1 aromatic rings. The van der Waals surface area contributed by atoms with Crippen LogP contribution >= 0.6 is 0 Å². The number of ether oxygens (including phenoxy) is 2. The number of benzene rings is 1. The maximum absolute atomic E-state index is 12.1. The highest BCUT2D eigenvalue weighted by atomic mass is 16.5. The number of rotatable bonds is 5. The second-order valence-corrected chi connectivity index (χ2v) is 5.25. The predicted molar refractivity (Wildman–Crippen MR) is 84.5 cm³/mol. The highest BCUT2D eigenvalue weighted by Gasteiger charge is 2.38. The molecule has 4 heteroatoms. The van der Waals surface area contributed by atoms with Gasteiger partial charge < -0.3 is 14.6 Å². The fraction of sp³-hybridized carbons (Fsp3) is 0.278. The Morgan fingerprint density at radius 2 is 1.95 bits per heavy atom. The summed E-state index contributed by atoms with van der Waals surface area (Å²) >= 11 is 0. The van der Waals surface area contributed by atoms with Crippen LogP contribution in [0.1, 0.15) is 17.3 Å². The van der Waals surface area contributed by atoms with Crippen LogP contribution in [0.3, 0.4) is 0 Å². The molecule has 0 heterocycles. The molecule has 2 atom stereocenters. The predicted octanol–water partition coefficient (Wildman–Crippen LogP) is 2.66. The molecule has 0 aliphatic heterocycles. The maximum Gasteiger partial charge on any atom is 0.185 e. The molecule has 0 fully saturated rings. The molecule has 4 nitrogen and oxygen atoms in total. The molecule has 116 valence electrons. The highest BCUT2D eigenvalue weighted by molar-refractivity contribution is 6.04. The van der Waals surface area contributed by atoms with Gasteiger partial charge >= 0.3 is 0 Å². The van der Waals surface area contributed by atoms with Gasteiger partial charge in [0.25, 0.3) is 0 Å². The molecule has 1 N–H and O–H groups in total. The molecule has 1 aliphatic carbocycles. The van der Waals surface area contributed by atoms with Gasteiger partial charge in [0.2, 0.25) is 0 Å². The molecule has 0 radical (unpaired) electrons. The Kier molecular flexibility index (Phi) is 4.96. The molecule has 22 heavy (non-hydrogen) atoms. The highest BCUT2D eigenvalue weighted by Crippen LogP contribution is 2.30. The van der Waals surface area contributed by atoms with Gasteiger partial charge in [0.15, 0.2) is 5.78 Å². The van der Waals surface area contributed by atoms with Crippen LogP contribution in [0.15, 0.2) is 66.0 Å². The Bertz CT molecular complexity index is 624. The number of allylic oxidation sites excluding steroid dienone is 4. The van der Waals surface area contributed by atoms with E-state index < -0.39 is 11.7 Å². The lowest BCUT2D eigenvalue weighted by molar-refractivity contribution is -0.0627. The average Bonchev–Trinajstić information content (AvgIpc) is 2.53. The molecule has 1 aliphatic rings. The zero-order valence-corrected chi connectivity index (χ0v) is 12.9. The van der Waals surface area contributed by atoms with Gasteiger partial charge in [-0.25, -0.2) is 0 Å². The van der Waals surface area contributed by atoms with Crippen molar-refractivity contribution in [3.63, 3.8) is 0 Å². The maximum atomic E-state index is 12.1. The van der Waals surface area contributed by atoms with Crippen molar-refractivity contribution in [3.8, 4) is 0 Å². The van der Waals surface area contributed by atoms with Crippen molar-refractivity contribution in [3.05, 3.63) is 71.5 Å². The van der Waals surface area contributed by atoms with E-state index in [1.807, 2.05) is 18.2 Å². The van der Waals surface area contributed by atoms with Crippen molar-refractivity contribution in [2.24, 2.45) is 0 Å². The van der Waals surface area contributed by atoms with Gasteiger partial charge in [0, 0.05) is 12.7 Å². The first-order chi connectivity index (χ1) is 10.5. The summed E-state index contributed by atoms with van der Waals surface area (Å²) < 4.78 is 10.5. The van der Waals surface area contributed by atoms with Crippen molar-refractivity contribution in [2.45, 2.75) is 18.6 Å². The smallest absolute Gasteiger partial charge is 0.185 e. The first kappa shape index (κ1) is 16.2. The molecule has 1 aromatic carbocycles. The van der Waals surface area contributed by atoms with Gasteiger partial charge in [0.05, 0.1) is 7.11 Å². The normalized spacial score (nSPS) is 24.8. The van der Waals surface area contributed by atoms with E-state index in [2.05, 4.69) is 0 Å². The molecule has 0 aromatic heterocycles. The monoisotopic (exact) mass is 300 g/mol. The summed E-state index contributed by atoms with van der Waals surface area (Å²) in [6.45, 7) is 1.63. The van der Waals surface area contributed by atoms with E-state index in [-0.39, 0.29) is 5.78 Å². The van der Waals surface area contributed by atoms with Gasteiger partial charge in [-0.15, -0.1) is 0 Å². The van der Waals surface area contributed by atoms with E-state index in [0.29, 0.717) is 11.3 Å². The zero-order valence-electron chi connectivity index (χ0n) is 12.9. The second-order valence-electron chi connectivity index (χ2n) is 5.25. The number of hydrogen-bond donors (Lipinski definition) is 1. The van der Waals surface area contributed by atoms with Gasteiger partial charge in [0.1, 0.15) is 17.5 Å². The van der Waals surface area contributed by atoms with Crippen molar-refractivity contribution in [2.75, 3.05) is 14.2 Å². The van der Waals surface area contributed by atoms with Gasteiger partial charge in [-0.1, -0.05) is 36.4 Å². The second kappa shape index (κ2) is 6.73. The van der Waals surface area contributed by atoms with Gasteiger partial charge in [-0.05, 0) is 30.7 Å². The lowest BCUT2D eigenvalue weighted by Crippen LogP contribution is -2.43. The summed E-state index contributed by atoms with van der Waals surface area (Å²) in [5.41, 5.74) is 0.144. The third kappa shape index (κ3) is 3.35. The third-order valence-corrected chi connectivity index (χ3v) is 3.65. The van der Waals surface area contributed by atoms with Crippen LogP contribution in [0.5, 0.6) is 0 Å². The Morgan fingerprint density at radius 1 is 1.27 bits per heavy atom. The van der Waals surface area contributed by atoms with E-state index >= 15 is 0 Å². The number of ketones is 1. The fourth-order valence-corrected chi connectivity index (χ4v) is 2.36. The van der Waals surface area contributed by atoms with Crippen LogP contribution in [0.4, 0.5) is 0 Å². The van der Waals surface area contributed by atoms with E-state index in [0.717, 1.165) is 5.57 Å². The third-order valence-electron chi connectivity index (χ3n) is 3.65. The quantitative estimate of drug-likeness (QED) is 0.671. The molecule has 2 rings (SSSR count). The molecule has 0 spiro atoms. The molecular formula is C18H20O4. The SMILES string of the molecule is COC1=CC(C=CC(=O)c2ccccc2)=CC(OC)C1(C)O. The summed E-state index contributed by atoms with van der Waals surface area (Å²) in [4.78, 5) is 12.1. The number of aliphatic hydroxyl groups is 1. The Hall–Kier alpha value is -2.17. The van der Waals surface area contributed by atoms with Crippen molar-refractivity contribution < 1.29 is 19.4 Å². The summed E-state index contributed by atoms with van der Waals surface area (Å²) in [5, 5.41) is 10.4. The number of carbonyl (C=O) groups excluding carboxylic acids is 1. The standard InChI is InChI=1S/C18H20O4/c1-18(20)16(21-2)11-13(12-17(18)22-3)9-10-15(19)14-7-5-4-6-8-14/h4-12,16,20H,1-3H3. The van der Waals surface area contributed by atoms with Crippen molar-refractivity contribution in [1.82, 2.24) is 0 Å². The van der Waals surface area contributed by atoms with Crippen LogP contribution in [0.25, 0.3) is 0 Å². The summed E-state index contributed by atoms with van der Waals surface area (Å²) in [6, 6.07) is 9.04. The topological polar surface area (TPSA) is 55.8 Å². The Labute approximate surface area is 130 Å². The van der Waals surface area contributed by atoms with E-state index in [1.54, 1.807) is 37.3 Å². The Balaban J connectivity index is 2.22. The molecule has 0 bridgehead atoms. The van der Waals surface area contributed by atoms with Crippen LogP contribution in [0.2, 0.25) is 0 Å². The summed E-state index contributed by atoms with van der Waals surface area (Å²) in [6.07, 6.45) is 6.11. The molecule has 2 unspecified atom stereocenters. The van der Waals surface area contributed by atoms with Gasteiger partial charge in [-0.3, -0.25) is 4.79 Å². The van der Waals surface area contributed by atoms with Crippen LogP contribution in [0, 0.1) is 0 Å². The van der Waals surface area contributed by atoms with E-state index in [4.69, 9.17) is 9.47 Å². The summed E-state index contributed by atoms with van der Waals surface area (Å²) in [5.74, 6) is 0.314. The van der Waals surface area contributed by atoms with E-state index in [9.17, 15) is 9.90 Å². The van der Waals surface area contributed by atoms with Crippen LogP contribution in [-0.2, 0) is 9.47 Å². The minimum atomic E-state index is -1.23. The van der Waals surface area contributed by atoms with Crippen LogP contribution < -0.4 is 0 Å². The fourth-order valence-electron chi connectivity index (χ4n) is 2.36. The average molecular weight is 300 g/mol.